The van der Waals surface area contributed by atoms with Gasteiger partial charge in [-0.25, -0.2) is 8.78 Å². The molecule has 0 unspecified atom stereocenters. The van der Waals surface area contributed by atoms with Crippen molar-refractivity contribution in [3.63, 3.8) is 0 Å². The highest BCUT2D eigenvalue weighted by Crippen LogP contribution is 2.30. The van der Waals surface area contributed by atoms with Crippen LogP contribution in [0.1, 0.15) is 21.3 Å². The maximum Gasteiger partial charge on any atom is 0.264 e. The van der Waals surface area contributed by atoms with Crippen molar-refractivity contribution in [2.75, 3.05) is 13.7 Å². The van der Waals surface area contributed by atoms with Gasteiger partial charge < -0.3 is 10.0 Å². The van der Waals surface area contributed by atoms with Crippen LogP contribution in [-0.4, -0.2) is 29.6 Å². The van der Waals surface area contributed by atoms with Crippen LogP contribution in [0.15, 0.2) is 60.7 Å². The first-order chi connectivity index (χ1) is 12.5. The lowest BCUT2D eigenvalue weighted by molar-refractivity contribution is 0.0663. The molecule has 1 heterocycles. The minimum absolute atomic E-state index is 0.272. The molecule has 1 N–H and O–H groups in total. The molecular weight excluding hydrogens is 356 g/mol. The van der Waals surface area contributed by atoms with Gasteiger partial charge in [-0.15, -0.1) is 11.3 Å². The van der Waals surface area contributed by atoms with Gasteiger partial charge in [0.2, 0.25) is 0 Å². The summed E-state index contributed by atoms with van der Waals surface area (Å²) in [5, 5.41) is 9.70. The van der Waals surface area contributed by atoms with Gasteiger partial charge in [-0.05, 0) is 47.5 Å². The molecule has 0 saturated carbocycles. The molecule has 134 valence electrons. The second-order valence-corrected chi connectivity index (χ2v) is 6.92. The number of likely N-dealkylation sites (N-methyl/N-ethyl adjacent to an activating group) is 1. The summed E-state index contributed by atoms with van der Waals surface area (Å²) in [6, 6.07) is 14.7. The second kappa shape index (κ2) is 7.76. The van der Waals surface area contributed by atoms with Crippen LogP contribution in [0.4, 0.5) is 8.78 Å². The number of nitrogens with zero attached hydrogens (tertiary/aromatic N) is 1. The monoisotopic (exact) mass is 373 g/mol. The number of hydrogen-bond donors (Lipinski definition) is 1. The molecule has 2 aromatic carbocycles. The fourth-order valence-electron chi connectivity index (χ4n) is 2.70. The van der Waals surface area contributed by atoms with Crippen molar-refractivity contribution in [3.8, 4) is 10.4 Å². The zero-order chi connectivity index (χ0) is 18.7. The summed E-state index contributed by atoms with van der Waals surface area (Å²) in [6.45, 7) is -0.318. The van der Waals surface area contributed by atoms with E-state index in [1.807, 2.05) is 0 Å². The molecule has 0 saturated heterocycles. The first kappa shape index (κ1) is 18.2. The van der Waals surface area contributed by atoms with E-state index in [-0.39, 0.29) is 18.3 Å². The van der Waals surface area contributed by atoms with Crippen molar-refractivity contribution in [1.82, 2.24) is 4.90 Å². The van der Waals surface area contributed by atoms with Crippen LogP contribution in [0.2, 0.25) is 0 Å². The van der Waals surface area contributed by atoms with Gasteiger partial charge in [0, 0.05) is 11.9 Å². The number of carbonyl (C=O) groups excluding carboxylic acids is 1. The molecule has 0 aliphatic carbocycles. The molecule has 0 aliphatic rings. The number of carbonyl (C=O) groups is 1. The van der Waals surface area contributed by atoms with E-state index in [4.69, 9.17) is 0 Å². The molecule has 26 heavy (non-hydrogen) atoms. The SMILES string of the molecule is CN(C(=O)c1ccc(-c2ccc(F)cc2)s1)[C@H](CO)c1cccc(F)c1. The number of aliphatic hydroxyl groups is 1. The average Bonchev–Trinajstić information content (AvgIpc) is 3.12. The highest BCUT2D eigenvalue weighted by Gasteiger charge is 2.23. The molecule has 6 heteroatoms. The van der Waals surface area contributed by atoms with Crippen molar-refractivity contribution in [2.45, 2.75) is 6.04 Å². The zero-order valence-electron chi connectivity index (χ0n) is 14.0. The van der Waals surface area contributed by atoms with Gasteiger partial charge in [0.25, 0.3) is 5.91 Å². The minimum Gasteiger partial charge on any atom is -0.394 e. The van der Waals surface area contributed by atoms with Crippen molar-refractivity contribution < 1.29 is 18.7 Å². The van der Waals surface area contributed by atoms with E-state index in [0.29, 0.717) is 10.4 Å². The van der Waals surface area contributed by atoms with Crippen molar-refractivity contribution in [3.05, 3.63) is 82.7 Å². The summed E-state index contributed by atoms with van der Waals surface area (Å²) in [4.78, 5) is 15.5. The topological polar surface area (TPSA) is 40.5 Å². The highest BCUT2D eigenvalue weighted by atomic mass is 32.1. The fourth-order valence-corrected chi connectivity index (χ4v) is 3.70. The van der Waals surface area contributed by atoms with Crippen LogP contribution in [0.3, 0.4) is 0 Å². The Kier molecular flexibility index (Phi) is 5.44. The van der Waals surface area contributed by atoms with E-state index in [1.54, 1.807) is 43.4 Å². The molecule has 1 aromatic heterocycles. The third kappa shape index (κ3) is 3.81. The molecule has 3 rings (SSSR count). The Morgan fingerprint density at radius 3 is 2.46 bits per heavy atom. The molecule has 1 amide bonds. The molecule has 0 bridgehead atoms. The maximum absolute atomic E-state index is 13.5. The van der Waals surface area contributed by atoms with E-state index in [9.17, 15) is 18.7 Å². The summed E-state index contributed by atoms with van der Waals surface area (Å²) in [5.41, 5.74) is 1.35. The summed E-state index contributed by atoms with van der Waals surface area (Å²) in [5.74, 6) is -1.01. The Labute approximate surface area is 154 Å². The molecule has 0 fully saturated rings. The van der Waals surface area contributed by atoms with Gasteiger partial charge in [0.15, 0.2) is 0 Å². The van der Waals surface area contributed by atoms with Crippen LogP contribution in [0, 0.1) is 11.6 Å². The lowest BCUT2D eigenvalue weighted by Gasteiger charge is -2.26. The summed E-state index contributed by atoms with van der Waals surface area (Å²) in [6.07, 6.45) is 0. The van der Waals surface area contributed by atoms with E-state index >= 15 is 0 Å². The molecule has 0 radical (unpaired) electrons. The number of rotatable bonds is 5. The summed E-state index contributed by atoms with van der Waals surface area (Å²) < 4.78 is 26.5. The average molecular weight is 373 g/mol. The number of halogens is 2. The Morgan fingerprint density at radius 2 is 1.81 bits per heavy atom. The third-order valence-corrected chi connectivity index (χ3v) is 5.26. The van der Waals surface area contributed by atoms with Crippen LogP contribution in [-0.2, 0) is 0 Å². The predicted octanol–water partition coefficient (Wildman–Crippen LogP) is 4.50. The smallest absolute Gasteiger partial charge is 0.264 e. The fraction of sp³-hybridized carbons (Fsp3) is 0.150. The first-order valence-electron chi connectivity index (χ1n) is 7.99. The van der Waals surface area contributed by atoms with Gasteiger partial charge in [-0.2, -0.15) is 0 Å². The Bertz CT molecular complexity index is 908. The van der Waals surface area contributed by atoms with E-state index < -0.39 is 11.9 Å². The van der Waals surface area contributed by atoms with Gasteiger partial charge >= 0.3 is 0 Å². The van der Waals surface area contributed by atoms with E-state index in [0.717, 1.165) is 10.4 Å². The maximum atomic E-state index is 13.5. The Hall–Kier alpha value is -2.57. The van der Waals surface area contributed by atoms with Crippen LogP contribution < -0.4 is 0 Å². The van der Waals surface area contributed by atoms with E-state index in [1.165, 1.54) is 40.5 Å². The zero-order valence-corrected chi connectivity index (χ0v) is 14.8. The second-order valence-electron chi connectivity index (χ2n) is 5.84. The van der Waals surface area contributed by atoms with Crippen LogP contribution in [0.5, 0.6) is 0 Å². The number of thiophene rings is 1. The van der Waals surface area contributed by atoms with Crippen molar-refractivity contribution >= 4 is 17.2 Å². The van der Waals surface area contributed by atoms with Crippen LogP contribution >= 0.6 is 11.3 Å². The number of aliphatic hydroxyl groups excluding tert-OH is 1. The third-order valence-electron chi connectivity index (χ3n) is 4.14. The standard InChI is InChI=1S/C20H17F2NO2S/c1-23(17(12-24)14-3-2-4-16(22)11-14)20(25)19-10-9-18(26-19)13-5-7-15(21)8-6-13/h2-11,17,24H,12H2,1H3/t17-/m1/s1. The van der Waals surface area contributed by atoms with Gasteiger partial charge in [-0.3, -0.25) is 4.79 Å². The molecule has 1 atom stereocenters. The molecular formula is C20H17F2NO2S. The molecule has 0 aliphatic heterocycles. The summed E-state index contributed by atoms with van der Waals surface area (Å²) >= 11 is 1.29. The number of benzene rings is 2. The number of hydrogen-bond acceptors (Lipinski definition) is 3. The lowest BCUT2D eigenvalue weighted by Crippen LogP contribution is -2.32. The first-order valence-corrected chi connectivity index (χ1v) is 8.80. The highest BCUT2D eigenvalue weighted by molar-refractivity contribution is 7.17. The van der Waals surface area contributed by atoms with E-state index in [2.05, 4.69) is 0 Å². The van der Waals surface area contributed by atoms with Crippen molar-refractivity contribution in [1.29, 1.82) is 0 Å². The minimum atomic E-state index is -0.644. The van der Waals surface area contributed by atoms with Gasteiger partial charge in [0.1, 0.15) is 11.6 Å². The predicted molar refractivity (Wildman–Crippen MR) is 98.0 cm³/mol. The Morgan fingerprint density at radius 1 is 1.08 bits per heavy atom. The summed E-state index contributed by atoms with van der Waals surface area (Å²) in [7, 11) is 1.57. The normalized spacial score (nSPS) is 12.0. The van der Waals surface area contributed by atoms with Gasteiger partial charge in [-0.1, -0.05) is 24.3 Å². The van der Waals surface area contributed by atoms with Crippen molar-refractivity contribution in [2.24, 2.45) is 0 Å². The lowest BCUT2D eigenvalue weighted by atomic mass is 10.1. The molecule has 3 nitrogen and oxygen atoms in total. The van der Waals surface area contributed by atoms with Crippen LogP contribution in [0.25, 0.3) is 10.4 Å². The number of amides is 1. The molecule has 3 aromatic rings. The quantitative estimate of drug-likeness (QED) is 0.715. The van der Waals surface area contributed by atoms with Gasteiger partial charge in [0.05, 0.1) is 17.5 Å². The Balaban J connectivity index is 1.83. The largest absolute Gasteiger partial charge is 0.394 e. The molecule has 0 spiro atoms.